The predicted molar refractivity (Wildman–Crippen MR) is 117 cm³/mol. The van der Waals surface area contributed by atoms with Gasteiger partial charge in [-0.15, -0.1) is 8.42 Å². The minimum Gasteiger partial charge on any atom is -0.299 e. The summed E-state index contributed by atoms with van der Waals surface area (Å²) < 4.78 is 30.4. The zero-order valence-corrected chi connectivity index (χ0v) is 19.3. The summed E-state index contributed by atoms with van der Waals surface area (Å²) in [5.41, 5.74) is 1.00. The molecule has 0 unspecified atom stereocenters. The molecule has 6 heteroatoms. The van der Waals surface area contributed by atoms with Crippen molar-refractivity contribution in [3.05, 3.63) is 29.8 Å². The highest BCUT2D eigenvalue weighted by atomic mass is 32.3. The number of Topliss-reactive ketones (excluding diaryl/α,β-unsaturated/α-hetero) is 1. The average molecular weight is 418 g/mol. The molecule has 1 N–H and O–H groups in total. The third-order valence-electron chi connectivity index (χ3n) is 4.89. The van der Waals surface area contributed by atoms with Gasteiger partial charge in [-0.1, -0.05) is 43.9 Å². The van der Waals surface area contributed by atoms with Crippen LogP contribution in [0, 0.1) is 6.92 Å². The second-order valence-corrected chi connectivity index (χ2v) is 13.6. The molecule has 1 rings (SSSR count). The van der Waals surface area contributed by atoms with Gasteiger partial charge in [0.1, 0.15) is 10.7 Å². The standard InChI is InChI=1S/C21H36O4S2/c1-7-8-9-10-11-20(22)16-26(17(2)3,18(4)5)25-27(23,24)21-14-12-19(6)13-15-21/h12-15,17-18H,7-11,16H2,1-6H3/p+1. The highest BCUT2D eigenvalue weighted by Gasteiger charge is 2.44. The summed E-state index contributed by atoms with van der Waals surface area (Å²) in [4.78, 5) is 12.9. The van der Waals surface area contributed by atoms with Crippen molar-refractivity contribution in [2.75, 3.05) is 5.75 Å². The largest absolute Gasteiger partial charge is 0.421 e. The number of ketones is 1. The van der Waals surface area contributed by atoms with Gasteiger partial charge in [0.25, 0.3) is 0 Å². The number of carbonyl (C=O) groups excluding carboxylic acids is 1. The van der Waals surface area contributed by atoms with E-state index in [1.54, 1.807) is 24.3 Å². The van der Waals surface area contributed by atoms with Crippen molar-refractivity contribution in [2.24, 2.45) is 0 Å². The van der Waals surface area contributed by atoms with E-state index in [2.05, 4.69) is 10.6 Å². The molecule has 0 heterocycles. The fraction of sp³-hybridized carbons (Fsp3) is 0.667. The van der Waals surface area contributed by atoms with E-state index >= 15 is 0 Å². The van der Waals surface area contributed by atoms with E-state index in [0.29, 0.717) is 6.42 Å². The highest BCUT2D eigenvalue weighted by Crippen LogP contribution is 2.57. The van der Waals surface area contributed by atoms with Crippen molar-refractivity contribution in [1.29, 1.82) is 0 Å². The first-order valence-corrected chi connectivity index (χ1v) is 13.2. The lowest BCUT2D eigenvalue weighted by Crippen LogP contribution is -2.34. The third kappa shape index (κ3) is 6.91. The number of rotatable bonds is 12. The molecule has 0 bridgehead atoms. The molecule has 1 aromatic carbocycles. The monoisotopic (exact) mass is 417 g/mol. The fourth-order valence-corrected chi connectivity index (χ4v) is 9.38. The smallest absolute Gasteiger partial charge is 0.299 e. The first-order valence-electron chi connectivity index (χ1n) is 9.91. The van der Waals surface area contributed by atoms with Crippen LogP contribution < -0.4 is 0 Å². The Balaban J connectivity index is 3.05. The molecule has 0 aliphatic rings. The molecule has 0 radical (unpaired) electrons. The molecule has 156 valence electrons. The predicted octanol–water partition coefficient (Wildman–Crippen LogP) is 5.85. The van der Waals surface area contributed by atoms with Gasteiger partial charge in [0.05, 0.1) is 5.75 Å². The molecular formula is C21H37O4S2+. The first kappa shape index (κ1) is 24.2. The van der Waals surface area contributed by atoms with E-state index in [-0.39, 0.29) is 26.9 Å². The maximum absolute atomic E-state index is 13.0. The van der Waals surface area contributed by atoms with Crippen LogP contribution in [0.5, 0.6) is 0 Å². The molecule has 0 amide bonds. The van der Waals surface area contributed by atoms with Gasteiger partial charge in [-0.2, -0.15) is 0 Å². The Morgan fingerprint density at radius 3 is 2.00 bits per heavy atom. The van der Waals surface area contributed by atoms with E-state index in [9.17, 15) is 13.2 Å². The highest BCUT2D eigenvalue weighted by molar-refractivity contribution is 8.33. The minimum atomic E-state index is -3.79. The summed E-state index contributed by atoms with van der Waals surface area (Å²) in [6, 6.07) is 6.77. The maximum atomic E-state index is 13.0. The van der Waals surface area contributed by atoms with Crippen LogP contribution in [0.3, 0.4) is 0 Å². The van der Waals surface area contributed by atoms with Crippen LogP contribution in [0.4, 0.5) is 0 Å². The molecule has 0 fully saturated rings. The van der Waals surface area contributed by atoms with E-state index in [4.69, 9.17) is 0 Å². The van der Waals surface area contributed by atoms with Crippen molar-refractivity contribution < 1.29 is 16.8 Å². The number of unbranched alkanes of at least 4 members (excludes halogenated alkanes) is 3. The SMILES string of the molecule is CCCCCCC(=O)CS([OH+]S(=O)(=O)c1ccc(C)cc1)(C(C)C)C(C)C. The molecule has 0 aromatic heterocycles. The number of carbonyl (C=O) groups is 1. The van der Waals surface area contributed by atoms with Gasteiger partial charge >= 0.3 is 10.1 Å². The van der Waals surface area contributed by atoms with Crippen LogP contribution in [-0.4, -0.2) is 34.1 Å². The molecule has 4 nitrogen and oxygen atoms in total. The fourth-order valence-electron chi connectivity index (χ4n) is 3.09. The van der Waals surface area contributed by atoms with Crippen molar-refractivity contribution in [3.63, 3.8) is 0 Å². The second-order valence-electron chi connectivity index (χ2n) is 7.76. The third-order valence-corrected chi connectivity index (χ3v) is 11.7. The number of benzene rings is 1. The van der Waals surface area contributed by atoms with Crippen LogP contribution in [0.1, 0.15) is 72.3 Å². The van der Waals surface area contributed by atoms with Crippen LogP contribution >= 0.6 is 10.3 Å². The van der Waals surface area contributed by atoms with E-state index in [1.807, 2.05) is 34.6 Å². The van der Waals surface area contributed by atoms with E-state index in [0.717, 1.165) is 31.2 Å². The summed E-state index contributed by atoms with van der Waals surface area (Å²) in [5.74, 6) is 0.408. The van der Waals surface area contributed by atoms with Gasteiger partial charge in [0.15, 0.2) is 0 Å². The lowest BCUT2D eigenvalue weighted by atomic mass is 10.1. The van der Waals surface area contributed by atoms with Crippen LogP contribution in [-0.2, 0) is 14.9 Å². The average Bonchev–Trinajstić information content (AvgIpc) is 2.58. The van der Waals surface area contributed by atoms with Gasteiger partial charge in [0, 0.05) is 16.9 Å². The van der Waals surface area contributed by atoms with Gasteiger partial charge in [-0.05, 0) is 63.5 Å². The minimum absolute atomic E-state index is 0.0253. The van der Waals surface area contributed by atoms with Gasteiger partial charge in [-0.3, -0.25) is 8.42 Å². The summed E-state index contributed by atoms with van der Waals surface area (Å²) in [5, 5.41) is 0.0506. The van der Waals surface area contributed by atoms with Crippen molar-refractivity contribution in [3.8, 4) is 0 Å². The number of hydrogen-bond acceptors (Lipinski definition) is 3. The number of aryl methyl sites for hydroxylation is 1. The molecule has 0 saturated carbocycles. The Labute approximate surface area is 167 Å². The van der Waals surface area contributed by atoms with Crippen LogP contribution in [0.2, 0.25) is 0 Å². The van der Waals surface area contributed by atoms with Crippen LogP contribution in [0.15, 0.2) is 29.2 Å². The topological polar surface area (TPSA) is 64.0 Å². The zero-order chi connectivity index (χ0) is 20.7. The molecule has 1 aromatic rings. The van der Waals surface area contributed by atoms with E-state index < -0.39 is 20.4 Å². The van der Waals surface area contributed by atoms with Gasteiger partial charge in [0.2, 0.25) is 0 Å². The summed E-state index contributed by atoms with van der Waals surface area (Å²) in [7, 11) is -5.79. The molecule has 0 atom stereocenters. The van der Waals surface area contributed by atoms with E-state index in [1.165, 1.54) is 0 Å². The molecule has 0 saturated heterocycles. The van der Waals surface area contributed by atoms with Crippen molar-refractivity contribution in [1.82, 2.24) is 0 Å². The zero-order valence-electron chi connectivity index (χ0n) is 17.7. The Kier molecular flexibility index (Phi) is 9.52. The Bertz CT molecular complexity index is 683. The Morgan fingerprint density at radius 1 is 0.963 bits per heavy atom. The van der Waals surface area contributed by atoms with Crippen LogP contribution in [0.25, 0.3) is 0 Å². The Hall–Kier alpha value is -0.850. The van der Waals surface area contributed by atoms with Crippen molar-refractivity contribution >= 4 is 26.2 Å². The summed E-state index contributed by atoms with van der Waals surface area (Å²) >= 11 is 0. The lowest BCUT2D eigenvalue weighted by molar-refractivity contribution is -0.116. The Morgan fingerprint density at radius 2 is 1.52 bits per heavy atom. The molecule has 27 heavy (non-hydrogen) atoms. The second kappa shape index (κ2) is 10.6. The first-order chi connectivity index (χ1) is 12.5. The van der Waals surface area contributed by atoms with Gasteiger partial charge < -0.3 is 0 Å². The quantitative estimate of drug-likeness (QED) is 0.243. The lowest BCUT2D eigenvalue weighted by Gasteiger charge is -2.40. The number of hydrogen-bond donors (Lipinski definition) is 0. The summed E-state index contributed by atoms with van der Waals surface area (Å²) in [6.07, 6.45) is 4.71. The molecule has 0 aliphatic carbocycles. The normalized spacial score (nSPS) is 13.3. The molecule has 0 spiro atoms. The molecule has 0 aliphatic heterocycles. The maximum Gasteiger partial charge on any atom is 0.421 e. The van der Waals surface area contributed by atoms with Gasteiger partial charge in [-0.25, -0.2) is 0 Å². The van der Waals surface area contributed by atoms with Crippen molar-refractivity contribution in [2.45, 2.75) is 89.0 Å². The summed E-state index contributed by atoms with van der Waals surface area (Å²) in [6.45, 7) is 12.0. The molecular weight excluding hydrogens is 380 g/mol.